The van der Waals surface area contributed by atoms with E-state index >= 15 is 0 Å². The summed E-state index contributed by atoms with van der Waals surface area (Å²) in [5, 5.41) is 22.1. The molecule has 1 aromatic rings. The highest BCUT2D eigenvalue weighted by Gasteiger charge is 2.40. The van der Waals surface area contributed by atoms with Gasteiger partial charge in [-0.05, 0) is 18.9 Å². The Labute approximate surface area is 189 Å². The summed E-state index contributed by atoms with van der Waals surface area (Å²) in [6.07, 6.45) is 6.43. The summed E-state index contributed by atoms with van der Waals surface area (Å²) in [6.45, 7) is 0.934. The van der Waals surface area contributed by atoms with E-state index in [4.69, 9.17) is 9.47 Å². The van der Waals surface area contributed by atoms with Gasteiger partial charge in [-0.3, -0.25) is 19.8 Å². The minimum Gasteiger partial charge on any atom is -0.418 e. The normalized spacial score (nSPS) is 24.8. The second-order valence-electron chi connectivity index (χ2n) is 8.52. The van der Waals surface area contributed by atoms with Gasteiger partial charge in [0.05, 0.1) is 22.6 Å². The zero-order chi connectivity index (χ0) is 23.7. The zero-order valence-electron chi connectivity index (χ0n) is 18.1. The molecule has 1 saturated carbocycles. The third-order valence-corrected chi connectivity index (χ3v) is 6.48. The molecule has 1 aliphatic carbocycles. The van der Waals surface area contributed by atoms with Crippen molar-refractivity contribution in [2.24, 2.45) is 0 Å². The smallest absolute Gasteiger partial charge is 0.336 e. The van der Waals surface area contributed by atoms with Crippen LogP contribution in [-0.2, 0) is 9.59 Å². The molecule has 33 heavy (non-hydrogen) atoms. The fourth-order valence-corrected chi connectivity index (χ4v) is 4.73. The van der Waals surface area contributed by atoms with Crippen LogP contribution in [0.4, 0.5) is 5.69 Å². The first-order chi connectivity index (χ1) is 15.8. The average molecular weight is 459 g/mol. The van der Waals surface area contributed by atoms with Crippen LogP contribution in [0, 0.1) is 10.1 Å². The Hall–Kier alpha value is -3.31. The van der Waals surface area contributed by atoms with Gasteiger partial charge in [0.2, 0.25) is 0 Å². The largest absolute Gasteiger partial charge is 0.418 e. The van der Waals surface area contributed by atoms with E-state index < -0.39 is 52.1 Å². The number of nitro benzene ring substituents is 1. The Morgan fingerprint density at radius 3 is 2.36 bits per heavy atom. The second kappa shape index (κ2) is 9.28. The molecule has 0 aromatic heterocycles. The van der Waals surface area contributed by atoms with Crippen molar-refractivity contribution in [1.29, 1.82) is 0 Å². The molecular formula is C22H25N3O8. The SMILES string of the molecule is CN(C(=O)c1ccc([N+](=O)[O-])c2c1OC(=O)/C=C/C(=O)O2)C1CN(C2CCCCC2)CC1O. The van der Waals surface area contributed by atoms with Crippen LogP contribution >= 0.6 is 0 Å². The first-order valence-corrected chi connectivity index (χ1v) is 10.9. The summed E-state index contributed by atoms with van der Waals surface area (Å²) in [5.41, 5.74) is -0.803. The van der Waals surface area contributed by atoms with E-state index in [9.17, 15) is 29.6 Å². The zero-order valence-corrected chi connectivity index (χ0v) is 18.1. The van der Waals surface area contributed by atoms with Crippen molar-refractivity contribution in [2.45, 2.75) is 50.3 Å². The molecule has 2 aliphatic heterocycles. The third-order valence-electron chi connectivity index (χ3n) is 6.48. The Balaban J connectivity index is 1.63. The lowest BCUT2D eigenvalue weighted by molar-refractivity contribution is -0.385. The van der Waals surface area contributed by atoms with Crippen molar-refractivity contribution in [2.75, 3.05) is 20.1 Å². The van der Waals surface area contributed by atoms with E-state index in [2.05, 4.69) is 4.90 Å². The van der Waals surface area contributed by atoms with Gasteiger partial charge in [-0.2, -0.15) is 0 Å². The summed E-state index contributed by atoms with van der Waals surface area (Å²) >= 11 is 0. The van der Waals surface area contributed by atoms with Gasteiger partial charge in [0.15, 0.2) is 5.75 Å². The molecule has 11 heteroatoms. The number of nitro groups is 1. The number of nitrogens with zero attached hydrogens (tertiary/aromatic N) is 3. The topological polar surface area (TPSA) is 140 Å². The summed E-state index contributed by atoms with van der Waals surface area (Å²) in [7, 11) is 1.52. The predicted octanol–water partition coefficient (Wildman–Crippen LogP) is 1.43. The summed E-state index contributed by atoms with van der Waals surface area (Å²) in [4.78, 5) is 51.5. The van der Waals surface area contributed by atoms with Crippen LogP contribution in [0.2, 0.25) is 0 Å². The van der Waals surface area contributed by atoms with Crippen molar-refractivity contribution in [3.8, 4) is 11.5 Å². The average Bonchev–Trinajstić information content (AvgIpc) is 3.18. The lowest BCUT2D eigenvalue weighted by Gasteiger charge is -2.32. The van der Waals surface area contributed by atoms with E-state index in [-0.39, 0.29) is 5.56 Å². The van der Waals surface area contributed by atoms with Crippen molar-refractivity contribution in [1.82, 2.24) is 9.80 Å². The fraction of sp³-hybridized carbons (Fsp3) is 0.500. The van der Waals surface area contributed by atoms with Crippen LogP contribution in [0.3, 0.4) is 0 Å². The Morgan fingerprint density at radius 1 is 1.09 bits per heavy atom. The number of aliphatic hydroxyl groups is 1. The molecule has 2 unspecified atom stereocenters. The maximum Gasteiger partial charge on any atom is 0.336 e. The molecular weight excluding hydrogens is 434 g/mol. The minimum atomic E-state index is -1.01. The molecule has 176 valence electrons. The van der Waals surface area contributed by atoms with Gasteiger partial charge in [-0.15, -0.1) is 0 Å². The number of β-amino-alcohol motifs (C(OH)–C–C–N with tert-alkyl or cyclic N) is 1. The molecule has 1 aromatic carbocycles. The highest BCUT2D eigenvalue weighted by atomic mass is 16.6. The Kier molecular flexibility index (Phi) is 6.43. The number of ether oxygens (including phenoxy) is 2. The predicted molar refractivity (Wildman–Crippen MR) is 114 cm³/mol. The molecule has 2 fully saturated rings. The van der Waals surface area contributed by atoms with E-state index in [1.807, 2.05) is 0 Å². The standard InChI is InChI=1S/C22H25N3O8/c1-23(16-11-24(12-17(16)26)13-5-3-2-4-6-13)22(29)14-7-8-15(25(30)31)21-20(14)32-18(27)9-10-19(28)33-21/h7-10,13,16-17,26H,2-6,11-12H2,1H3/b10-9+. The number of benzene rings is 1. The van der Waals surface area contributed by atoms with Crippen molar-refractivity contribution in [3.05, 3.63) is 40.0 Å². The fourth-order valence-electron chi connectivity index (χ4n) is 4.73. The van der Waals surface area contributed by atoms with Gasteiger partial charge in [-0.25, -0.2) is 9.59 Å². The van der Waals surface area contributed by atoms with Gasteiger partial charge in [-0.1, -0.05) is 19.3 Å². The molecule has 1 amide bonds. The summed E-state index contributed by atoms with van der Waals surface area (Å²) in [6, 6.07) is 2.03. The number of amides is 1. The van der Waals surface area contributed by atoms with Crippen LogP contribution in [-0.4, -0.2) is 76.0 Å². The second-order valence-corrected chi connectivity index (χ2v) is 8.52. The number of aliphatic hydroxyl groups excluding tert-OH is 1. The van der Waals surface area contributed by atoms with Gasteiger partial charge < -0.3 is 19.5 Å². The van der Waals surface area contributed by atoms with Crippen molar-refractivity contribution in [3.63, 3.8) is 0 Å². The van der Waals surface area contributed by atoms with Crippen LogP contribution in [0.5, 0.6) is 11.5 Å². The van der Waals surface area contributed by atoms with E-state index in [0.29, 0.717) is 19.1 Å². The van der Waals surface area contributed by atoms with Gasteiger partial charge in [0, 0.05) is 44.4 Å². The first-order valence-electron chi connectivity index (χ1n) is 10.9. The minimum absolute atomic E-state index is 0.183. The van der Waals surface area contributed by atoms with E-state index in [1.165, 1.54) is 18.4 Å². The monoisotopic (exact) mass is 459 g/mol. The third kappa shape index (κ3) is 4.60. The van der Waals surface area contributed by atoms with Crippen LogP contribution in [0.25, 0.3) is 0 Å². The number of rotatable bonds is 4. The molecule has 1 saturated heterocycles. The maximum absolute atomic E-state index is 13.4. The first kappa shape index (κ1) is 22.9. The number of carbonyl (C=O) groups excluding carboxylic acids is 3. The highest BCUT2D eigenvalue weighted by molar-refractivity contribution is 6.02. The molecule has 2 heterocycles. The number of esters is 2. The Bertz CT molecular complexity index is 1020. The van der Waals surface area contributed by atoms with Crippen molar-refractivity contribution < 1.29 is 33.9 Å². The summed E-state index contributed by atoms with van der Waals surface area (Å²) < 4.78 is 10.2. The number of likely N-dealkylation sites (N-methyl/N-ethyl adjacent to an activating group) is 1. The number of likely N-dealkylation sites (tertiary alicyclic amines) is 1. The summed E-state index contributed by atoms with van der Waals surface area (Å²) in [5.74, 6) is -3.72. The molecule has 0 radical (unpaired) electrons. The van der Waals surface area contributed by atoms with Gasteiger partial charge in [0.25, 0.3) is 11.7 Å². The molecule has 0 bridgehead atoms. The molecule has 1 N–H and O–H groups in total. The molecule has 0 spiro atoms. The number of hydrogen-bond donors (Lipinski definition) is 1. The number of fused-ring (bicyclic) bond motifs is 1. The van der Waals surface area contributed by atoms with E-state index in [1.54, 1.807) is 0 Å². The van der Waals surface area contributed by atoms with Crippen LogP contribution < -0.4 is 9.47 Å². The van der Waals surface area contributed by atoms with Gasteiger partial charge >= 0.3 is 17.6 Å². The maximum atomic E-state index is 13.4. The number of hydrogen-bond acceptors (Lipinski definition) is 9. The van der Waals surface area contributed by atoms with Crippen LogP contribution in [0.15, 0.2) is 24.3 Å². The van der Waals surface area contributed by atoms with Crippen molar-refractivity contribution >= 4 is 23.5 Å². The van der Waals surface area contributed by atoms with Gasteiger partial charge in [0.1, 0.15) is 0 Å². The lowest BCUT2D eigenvalue weighted by Crippen LogP contribution is -2.45. The quantitative estimate of drug-likeness (QED) is 0.306. The highest BCUT2D eigenvalue weighted by Crippen LogP contribution is 2.41. The molecule has 4 rings (SSSR count). The molecule has 3 aliphatic rings. The number of carbonyl (C=O) groups is 3. The molecule has 11 nitrogen and oxygen atoms in total. The lowest BCUT2D eigenvalue weighted by atomic mass is 9.94. The van der Waals surface area contributed by atoms with E-state index in [0.717, 1.165) is 50.0 Å². The Morgan fingerprint density at radius 2 is 1.73 bits per heavy atom. The van der Waals surface area contributed by atoms with Crippen LogP contribution in [0.1, 0.15) is 42.5 Å². The molecule has 2 atom stereocenters.